The van der Waals surface area contributed by atoms with Crippen molar-refractivity contribution >= 4 is 17.9 Å². The quantitative estimate of drug-likeness (QED) is 0.0211. The van der Waals surface area contributed by atoms with Gasteiger partial charge in [-0.05, 0) is 83.5 Å². The number of hydrogen-bond donors (Lipinski definition) is 1. The topological polar surface area (TPSA) is 108 Å². The molecule has 2 atom stereocenters. The number of aliphatic carboxylic acids is 1. The molecule has 0 aliphatic rings. The van der Waals surface area contributed by atoms with Gasteiger partial charge in [0.15, 0.2) is 6.10 Å². The molecule has 0 aromatic rings. The van der Waals surface area contributed by atoms with E-state index in [1.807, 2.05) is 21.1 Å². The van der Waals surface area contributed by atoms with Gasteiger partial charge in [-0.15, -0.1) is 0 Å². The number of unbranched alkanes of at least 4 members (excludes halogenated alkanes) is 54. The molecule has 0 saturated heterocycles. The van der Waals surface area contributed by atoms with Crippen LogP contribution in [0, 0.1) is 0 Å². The zero-order valence-electron chi connectivity index (χ0n) is 66.4. The fraction of sp³-hybridized carbons (Fsp3) is 0.833. The van der Waals surface area contributed by atoms with Crippen molar-refractivity contribution in [3.63, 3.8) is 0 Å². The van der Waals surface area contributed by atoms with Gasteiger partial charge < -0.3 is 28.5 Å². The average molecular weight is 1390 g/mol. The van der Waals surface area contributed by atoms with Gasteiger partial charge in [-0.3, -0.25) is 9.59 Å². The molecule has 9 heteroatoms. The second kappa shape index (κ2) is 80.4. The van der Waals surface area contributed by atoms with Crippen molar-refractivity contribution in [1.29, 1.82) is 0 Å². The molecule has 0 radical (unpaired) electrons. The number of quaternary nitrogens is 1. The maximum Gasteiger partial charge on any atom is 0.361 e. The van der Waals surface area contributed by atoms with E-state index in [1.165, 1.54) is 327 Å². The Bertz CT molecular complexity index is 1860. The summed E-state index contributed by atoms with van der Waals surface area (Å²) >= 11 is 0. The molecule has 0 amide bonds. The largest absolute Gasteiger partial charge is 0.477 e. The number of carboxylic acids is 1. The van der Waals surface area contributed by atoms with E-state index < -0.39 is 18.4 Å². The van der Waals surface area contributed by atoms with Gasteiger partial charge in [0.25, 0.3) is 6.29 Å². The van der Waals surface area contributed by atoms with E-state index in [9.17, 15) is 19.5 Å². The van der Waals surface area contributed by atoms with E-state index >= 15 is 0 Å². The van der Waals surface area contributed by atoms with Crippen molar-refractivity contribution in [2.24, 2.45) is 0 Å². The summed E-state index contributed by atoms with van der Waals surface area (Å²) in [4.78, 5) is 37.8. The molecule has 2 unspecified atom stereocenters. The van der Waals surface area contributed by atoms with Crippen LogP contribution in [0.2, 0.25) is 0 Å². The molecule has 0 heterocycles. The van der Waals surface area contributed by atoms with Crippen LogP contribution in [0.5, 0.6) is 0 Å². The van der Waals surface area contributed by atoms with Crippen LogP contribution in [-0.4, -0.2) is 87.4 Å². The maximum atomic E-state index is 13.0. The van der Waals surface area contributed by atoms with Gasteiger partial charge >= 0.3 is 17.9 Å². The molecule has 0 aromatic carbocycles. The van der Waals surface area contributed by atoms with Crippen molar-refractivity contribution in [2.75, 3.05) is 47.5 Å². The van der Waals surface area contributed by atoms with Crippen molar-refractivity contribution in [2.45, 2.75) is 437 Å². The summed E-state index contributed by atoms with van der Waals surface area (Å²) in [7, 11) is 6.00. The van der Waals surface area contributed by atoms with Crippen LogP contribution in [0.25, 0.3) is 0 Å². The summed E-state index contributed by atoms with van der Waals surface area (Å²) < 4.78 is 23.1. The number of hydrogen-bond acceptors (Lipinski definition) is 7. The number of nitrogens with zero attached hydrogens (tertiary/aromatic N) is 1. The zero-order valence-corrected chi connectivity index (χ0v) is 66.4. The lowest BCUT2D eigenvalue weighted by Crippen LogP contribution is -2.40. The van der Waals surface area contributed by atoms with E-state index in [0.717, 1.165) is 70.6 Å². The molecule has 0 aromatic heterocycles. The lowest BCUT2D eigenvalue weighted by Gasteiger charge is -2.25. The summed E-state index contributed by atoms with van der Waals surface area (Å²) in [5, 5.41) is 9.79. The van der Waals surface area contributed by atoms with Crippen LogP contribution in [0.3, 0.4) is 0 Å². The zero-order chi connectivity index (χ0) is 71.8. The Morgan fingerprint density at radius 2 is 0.576 bits per heavy atom. The Kier molecular flexibility index (Phi) is 77.8. The smallest absolute Gasteiger partial charge is 0.361 e. The number of likely N-dealkylation sites (N-methyl/N-ethyl adjacent to an activating group) is 1. The molecule has 0 saturated carbocycles. The van der Waals surface area contributed by atoms with Crippen molar-refractivity contribution in [3.05, 3.63) is 72.9 Å². The van der Waals surface area contributed by atoms with Crippen LogP contribution in [0.4, 0.5) is 0 Å². The normalized spacial score (nSPS) is 12.9. The monoisotopic (exact) mass is 1390 g/mol. The predicted molar refractivity (Wildman–Crippen MR) is 429 cm³/mol. The highest BCUT2D eigenvalue weighted by atomic mass is 16.7. The highest BCUT2D eigenvalue weighted by molar-refractivity contribution is 5.71. The Balaban J connectivity index is 3.92. The third-order valence-corrected chi connectivity index (χ3v) is 19.4. The van der Waals surface area contributed by atoms with Gasteiger partial charge in [-0.1, -0.05) is 401 Å². The first-order valence-electron chi connectivity index (χ1n) is 43.1. The van der Waals surface area contributed by atoms with Gasteiger partial charge in [0.05, 0.1) is 34.4 Å². The van der Waals surface area contributed by atoms with E-state index in [1.54, 1.807) is 0 Å². The molecule has 578 valence electrons. The molecule has 9 nitrogen and oxygen atoms in total. The summed E-state index contributed by atoms with van der Waals surface area (Å²) in [6, 6.07) is 0. The van der Waals surface area contributed by atoms with Crippen LogP contribution in [0.1, 0.15) is 425 Å². The highest BCUT2D eigenvalue weighted by Gasteiger charge is 2.25. The molecule has 1 N–H and O–H groups in total. The summed E-state index contributed by atoms with van der Waals surface area (Å²) in [6.45, 7) is 4.83. The van der Waals surface area contributed by atoms with Crippen LogP contribution >= 0.6 is 0 Å². The molecule has 0 aliphatic carbocycles. The van der Waals surface area contributed by atoms with E-state index in [4.69, 9.17) is 18.9 Å². The molecule has 99 heavy (non-hydrogen) atoms. The van der Waals surface area contributed by atoms with Crippen molar-refractivity contribution in [3.8, 4) is 0 Å². The van der Waals surface area contributed by atoms with Gasteiger partial charge in [-0.2, -0.15) is 0 Å². The van der Waals surface area contributed by atoms with Crippen molar-refractivity contribution in [1.82, 2.24) is 0 Å². The SMILES string of the molecule is CC/C=C\C/C=C\C/C=C\C/C=C\C/C=C\CCCCCCCCCCCCCCCCCCCC(=O)OC(COC(=O)CCCCCCCCCCCCCCCCCCCCCCCCCCCCCCC/C=C\CCCCCCCCCC)COC(OCC[N+](C)(C)C)C(=O)O. The van der Waals surface area contributed by atoms with Gasteiger partial charge in [0.2, 0.25) is 0 Å². The minimum absolute atomic E-state index is 0.178. The molecule has 0 fully saturated rings. The lowest BCUT2D eigenvalue weighted by atomic mass is 10.0. The van der Waals surface area contributed by atoms with Crippen LogP contribution in [0.15, 0.2) is 72.9 Å². The number of allylic oxidation sites excluding steroid dienone is 12. The Morgan fingerprint density at radius 1 is 0.313 bits per heavy atom. The van der Waals surface area contributed by atoms with E-state index in [0.29, 0.717) is 17.4 Å². The Hall–Kier alpha value is -3.27. The van der Waals surface area contributed by atoms with E-state index in [-0.39, 0.29) is 38.2 Å². The molecule has 0 rings (SSSR count). The number of ether oxygens (including phenoxy) is 4. The van der Waals surface area contributed by atoms with Crippen LogP contribution in [-0.2, 0) is 33.3 Å². The predicted octanol–water partition coefficient (Wildman–Crippen LogP) is 27.9. The first-order valence-corrected chi connectivity index (χ1v) is 43.1. The summed E-state index contributed by atoms with van der Waals surface area (Å²) in [5.74, 6) is -1.98. The molecule has 0 aliphatic heterocycles. The Labute approximate surface area is 615 Å². The fourth-order valence-electron chi connectivity index (χ4n) is 12.9. The van der Waals surface area contributed by atoms with Crippen LogP contribution < -0.4 is 0 Å². The van der Waals surface area contributed by atoms with Crippen molar-refractivity contribution < 1.29 is 42.9 Å². The molecule has 0 bridgehead atoms. The highest BCUT2D eigenvalue weighted by Crippen LogP contribution is 2.20. The second-order valence-electron chi connectivity index (χ2n) is 30.5. The molecular weight excluding hydrogens is 1220 g/mol. The minimum Gasteiger partial charge on any atom is -0.477 e. The van der Waals surface area contributed by atoms with Gasteiger partial charge in [-0.25, -0.2) is 4.79 Å². The number of rotatable bonds is 81. The summed E-state index contributed by atoms with van der Waals surface area (Å²) in [6.07, 6.45) is 107. The first kappa shape index (κ1) is 95.7. The molecule has 0 spiro atoms. The average Bonchev–Trinajstić information content (AvgIpc) is 1.57. The maximum absolute atomic E-state index is 13.0. The summed E-state index contributed by atoms with van der Waals surface area (Å²) in [5.41, 5.74) is 0. The van der Waals surface area contributed by atoms with E-state index in [2.05, 4.69) is 86.8 Å². The number of carbonyl (C=O) groups is 3. The molecular formula is C90H166NO8+. The third-order valence-electron chi connectivity index (χ3n) is 19.4. The first-order chi connectivity index (χ1) is 48.6. The number of esters is 2. The van der Waals surface area contributed by atoms with Gasteiger partial charge in [0, 0.05) is 12.8 Å². The van der Waals surface area contributed by atoms with Gasteiger partial charge in [0.1, 0.15) is 13.2 Å². The number of carboxylic acid groups (broad SMARTS) is 1. The lowest BCUT2D eigenvalue weighted by molar-refractivity contribution is -0.870. The third kappa shape index (κ3) is 81.9. The standard InChI is InChI=1S/C90H165NO8/c1-6-8-10-12-14-16-18-20-22-24-26-28-30-32-34-36-38-40-41-42-43-44-45-46-47-49-50-52-54-56-58-60-62-64-66-68-70-72-74-76-78-80-87(92)97-84-86(85-98-90(89(94)95)96-83-82-91(3,4)5)99-88(93)81-79-77-75-73-71-69-67-65-63-61-59-57-55-53-51-48-39-37-35-33-31-29-27-25-23-21-19-17-15-13-11-9-7-2/h9,11,15,17,21,23-24,26-27,29,33,35,86,90H,6-8,10,12-14,16,18-20,22,25,28,30-32,34,36-85H2,1-5H3/p+1/b11-9-,17-15-,23-21-,26-24-,29-27-,35-33-. The Morgan fingerprint density at radius 3 is 0.869 bits per heavy atom. The number of carbonyl (C=O) groups excluding carboxylic acids is 2. The fourth-order valence-corrected chi connectivity index (χ4v) is 12.9. The minimum atomic E-state index is -1.51. The second-order valence-corrected chi connectivity index (χ2v) is 30.5.